The molecule has 1 spiro atoms. The number of carbonyl (C=O) groups is 5. The molecule has 0 aromatic heterocycles. The molecule has 2 aliphatic heterocycles. The van der Waals surface area contributed by atoms with E-state index in [4.69, 9.17) is 33.5 Å². The molecule has 2 N–H and O–H groups in total. The molecule has 4 aliphatic rings. The van der Waals surface area contributed by atoms with E-state index in [0.717, 1.165) is 31.9 Å². The number of piperidine rings is 1. The Morgan fingerprint density at radius 1 is 1.09 bits per heavy atom. The maximum absolute atomic E-state index is 13.2. The predicted octanol–water partition coefficient (Wildman–Crippen LogP) is 0.786. The highest BCUT2D eigenvalue weighted by Crippen LogP contribution is 2.65. The number of rotatable bonds is 10. The summed E-state index contributed by atoms with van der Waals surface area (Å²) in [6.45, 7) is 3.95. The van der Waals surface area contributed by atoms with Crippen LogP contribution in [0.4, 0.5) is 0 Å². The molecule has 1 aromatic rings. The summed E-state index contributed by atoms with van der Waals surface area (Å²) < 4.78 is 32.5. The summed E-state index contributed by atoms with van der Waals surface area (Å²) in [5, 5.41) is 21.2. The minimum absolute atomic E-state index is 0.142. The van der Waals surface area contributed by atoms with E-state index in [9.17, 15) is 29.1 Å². The van der Waals surface area contributed by atoms with Crippen LogP contribution in [-0.4, -0.2) is 102 Å². The molecule has 2 heterocycles. The minimum atomic E-state index is -1.78. The molecule has 0 radical (unpaired) electrons. The van der Waals surface area contributed by atoms with Crippen molar-refractivity contribution >= 4 is 29.8 Å². The van der Waals surface area contributed by atoms with Gasteiger partial charge in [-0.15, -0.1) is 0 Å². The molecule has 0 saturated carbocycles. The van der Waals surface area contributed by atoms with Gasteiger partial charge in [-0.1, -0.05) is 6.07 Å². The second-order valence-corrected chi connectivity index (χ2v) is 11.6. The first-order chi connectivity index (χ1) is 20.7. The van der Waals surface area contributed by atoms with Crippen molar-refractivity contribution in [2.75, 3.05) is 20.7 Å². The largest absolute Gasteiger partial charge is 0.493 e. The van der Waals surface area contributed by atoms with Crippen LogP contribution in [0.1, 0.15) is 51.2 Å². The van der Waals surface area contributed by atoms with Crippen molar-refractivity contribution in [1.82, 2.24) is 4.90 Å². The van der Waals surface area contributed by atoms with Gasteiger partial charge in [0.15, 0.2) is 29.8 Å². The van der Waals surface area contributed by atoms with E-state index in [2.05, 4.69) is 4.90 Å². The van der Waals surface area contributed by atoms with Crippen molar-refractivity contribution < 1.29 is 62.6 Å². The van der Waals surface area contributed by atoms with E-state index in [1.54, 1.807) is 6.08 Å². The van der Waals surface area contributed by atoms with Crippen molar-refractivity contribution in [2.24, 2.45) is 0 Å². The van der Waals surface area contributed by atoms with Crippen LogP contribution in [0.3, 0.4) is 0 Å². The minimum Gasteiger partial charge on any atom is -0.493 e. The third-order valence-electron chi connectivity index (χ3n) is 8.98. The smallest absolute Gasteiger partial charge is 0.348 e. The van der Waals surface area contributed by atoms with Crippen molar-refractivity contribution in [3.63, 3.8) is 0 Å². The number of aliphatic hydroxyl groups is 1. The Morgan fingerprint density at radius 2 is 1.80 bits per heavy atom. The number of esters is 4. The number of benzene rings is 1. The maximum Gasteiger partial charge on any atom is 0.348 e. The third-order valence-corrected chi connectivity index (χ3v) is 8.98. The number of hydrogen-bond acceptors (Lipinski definition) is 13. The highest BCUT2D eigenvalue weighted by atomic mass is 16.6. The van der Waals surface area contributed by atoms with E-state index < -0.39 is 71.7 Å². The number of nitrogens with zero attached hydrogens (tertiary/aromatic N) is 1. The Labute approximate surface area is 252 Å². The maximum atomic E-state index is 13.2. The van der Waals surface area contributed by atoms with Crippen LogP contribution in [0.25, 0.3) is 0 Å². The van der Waals surface area contributed by atoms with Crippen LogP contribution >= 0.6 is 0 Å². The molecule has 1 fully saturated rings. The van der Waals surface area contributed by atoms with Crippen LogP contribution in [0.2, 0.25) is 0 Å². The molecule has 44 heavy (non-hydrogen) atoms. The zero-order valence-electron chi connectivity index (χ0n) is 25.0. The van der Waals surface area contributed by atoms with Crippen LogP contribution < -0.4 is 9.47 Å². The van der Waals surface area contributed by atoms with Gasteiger partial charge in [0.1, 0.15) is 5.76 Å². The number of carboxylic acids is 1. The Bertz CT molecular complexity index is 1440. The number of carbonyl (C=O) groups excluding carboxylic acids is 4. The summed E-state index contributed by atoms with van der Waals surface area (Å²) in [6.07, 6.45) is -3.57. The molecule has 2 bridgehead atoms. The fraction of sp³-hybridized carbons (Fsp3) is 0.567. The van der Waals surface area contributed by atoms with Crippen molar-refractivity contribution in [2.45, 2.75) is 87.9 Å². The van der Waals surface area contributed by atoms with Gasteiger partial charge in [0.2, 0.25) is 6.10 Å². The van der Waals surface area contributed by atoms with Crippen molar-refractivity contribution in [1.29, 1.82) is 0 Å². The number of aliphatic carboxylic acids is 1. The summed E-state index contributed by atoms with van der Waals surface area (Å²) in [7, 11) is 3.49. The van der Waals surface area contributed by atoms with Gasteiger partial charge in [-0.05, 0) is 58.0 Å². The van der Waals surface area contributed by atoms with E-state index in [1.165, 1.54) is 7.11 Å². The van der Waals surface area contributed by atoms with Crippen LogP contribution in [-0.2, 0) is 54.8 Å². The number of likely N-dealkylation sites (tertiary alicyclic amines) is 1. The van der Waals surface area contributed by atoms with E-state index in [0.29, 0.717) is 30.9 Å². The first-order valence-electron chi connectivity index (χ1n) is 14.2. The molecule has 1 aromatic carbocycles. The number of hydrogen-bond donors (Lipinski definition) is 2. The third kappa shape index (κ3) is 4.95. The van der Waals surface area contributed by atoms with Gasteiger partial charge in [0.25, 0.3) is 0 Å². The lowest BCUT2D eigenvalue weighted by Gasteiger charge is -2.61. The van der Waals surface area contributed by atoms with Gasteiger partial charge in [-0.25, -0.2) is 14.4 Å². The first-order valence-corrected chi connectivity index (χ1v) is 14.2. The lowest BCUT2D eigenvalue weighted by atomic mass is 9.50. The average molecular weight is 618 g/mol. The molecule has 14 nitrogen and oxygen atoms in total. The highest BCUT2D eigenvalue weighted by Gasteiger charge is 2.72. The molecule has 0 amide bonds. The number of carboxylic acid groups (broad SMARTS) is 1. The molecule has 0 unspecified atom stereocenters. The monoisotopic (exact) mass is 617 g/mol. The van der Waals surface area contributed by atoms with Crippen molar-refractivity contribution in [3.05, 3.63) is 35.1 Å². The van der Waals surface area contributed by atoms with Gasteiger partial charge in [-0.2, -0.15) is 0 Å². The standard InChI is InChI=1S/C30H35NO13/c1-14(26(34)35)40-27(36)15(2)41-28(37)20(42-16(3)32)13-22(33)43-19-8-9-30(38)21-12-17-6-7-18(39-5)24-23(17)29(30,25(19)44-24)10-11-31(21)4/h6-8,14-15,20-21,25,38H,9-13H2,1-5H3,(H,34,35)/t14-,15-,20-,21+,25-,29-,30+/m0/s1. The zero-order chi connectivity index (χ0) is 32.1. The summed E-state index contributed by atoms with van der Waals surface area (Å²) in [5.74, 6) is -4.52. The number of ether oxygens (including phenoxy) is 6. The quantitative estimate of drug-likeness (QED) is 0.277. The molecule has 238 valence electrons. The van der Waals surface area contributed by atoms with Crippen molar-refractivity contribution in [3.8, 4) is 11.5 Å². The Kier molecular flexibility index (Phi) is 8.10. The molecule has 2 aliphatic carbocycles. The Balaban J connectivity index is 1.36. The van der Waals surface area contributed by atoms with Crippen LogP contribution in [0.15, 0.2) is 24.0 Å². The van der Waals surface area contributed by atoms with E-state index >= 15 is 0 Å². The summed E-state index contributed by atoms with van der Waals surface area (Å²) >= 11 is 0. The van der Waals surface area contributed by atoms with Gasteiger partial charge in [0, 0.05) is 24.9 Å². The normalized spacial score (nSPS) is 28.2. The fourth-order valence-corrected chi connectivity index (χ4v) is 6.90. The molecule has 14 heteroatoms. The van der Waals surface area contributed by atoms with Crippen LogP contribution in [0, 0.1) is 0 Å². The number of methoxy groups -OCH3 is 1. The lowest BCUT2D eigenvalue weighted by Crippen LogP contribution is -2.74. The Morgan fingerprint density at radius 3 is 2.45 bits per heavy atom. The van der Waals surface area contributed by atoms with E-state index in [-0.39, 0.29) is 18.2 Å². The first kappa shape index (κ1) is 31.3. The molecule has 5 rings (SSSR count). The summed E-state index contributed by atoms with van der Waals surface area (Å²) in [6, 6.07) is 3.57. The van der Waals surface area contributed by atoms with Gasteiger partial charge in [0.05, 0.1) is 24.5 Å². The SMILES string of the molecule is COc1ccc2c3c1O[C@H]1C(OC(=O)C[C@H](OC(C)=O)C(=O)O[C@@H](C)C(=O)O[C@@H](C)C(=O)O)=CC[C@@]4(O)[C@@H](C2)N(C)CC[C@]314. The second-order valence-electron chi connectivity index (χ2n) is 11.6. The second kappa shape index (κ2) is 11.4. The predicted molar refractivity (Wildman–Crippen MR) is 146 cm³/mol. The molecular weight excluding hydrogens is 582 g/mol. The van der Waals surface area contributed by atoms with Gasteiger partial charge < -0.3 is 43.5 Å². The van der Waals surface area contributed by atoms with Crippen LogP contribution in [0.5, 0.6) is 11.5 Å². The number of likely N-dealkylation sites (N-methyl/N-ethyl adjacent to an activating group) is 1. The Hall–Kier alpha value is -4.17. The molecular formula is C30H35NO13. The van der Waals surface area contributed by atoms with E-state index in [1.807, 2.05) is 19.2 Å². The fourth-order valence-electron chi connectivity index (χ4n) is 6.90. The highest BCUT2D eigenvalue weighted by molar-refractivity contribution is 5.87. The summed E-state index contributed by atoms with van der Waals surface area (Å²) in [5.41, 5.74) is -0.295. The lowest BCUT2D eigenvalue weighted by molar-refractivity contribution is -0.183. The van der Waals surface area contributed by atoms with Gasteiger partial charge in [-0.3, -0.25) is 9.59 Å². The molecule has 1 saturated heterocycles. The molecule has 7 atom stereocenters. The summed E-state index contributed by atoms with van der Waals surface area (Å²) in [4.78, 5) is 63.0. The zero-order valence-corrected chi connectivity index (χ0v) is 25.0. The average Bonchev–Trinajstić information content (AvgIpc) is 3.31. The van der Waals surface area contributed by atoms with Gasteiger partial charge >= 0.3 is 29.8 Å². The topological polar surface area (TPSA) is 184 Å².